The van der Waals surface area contributed by atoms with Gasteiger partial charge in [-0.2, -0.15) is 0 Å². The molecule has 0 fully saturated rings. The van der Waals surface area contributed by atoms with Gasteiger partial charge < -0.3 is 4.57 Å². The summed E-state index contributed by atoms with van der Waals surface area (Å²) in [6.07, 6.45) is 3.43. The zero-order valence-electron chi connectivity index (χ0n) is 12.3. The largest absolute Gasteiger partial charge is 0.305 e. The number of nitrogens with zero attached hydrogens (tertiary/aromatic N) is 4. The summed E-state index contributed by atoms with van der Waals surface area (Å²) in [5.41, 5.74) is 1.63. The molecule has 7 heteroatoms. The molecule has 0 amide bonds. The molecule has 0 unspecified atom stereocenters. The predicted molar refractivity (Wildman–Crippen MR) is 93.4 cm³/mol. The molecule has 23 heavy (non-hydrogen) atoms. The molecule has 2 heterocycles. The van der Waals surface area contributed by atoms with Gasteiger partial charge in [0.25, 0.3) is 0 Å². The molecule has 5 nitrogen and oxygen atoms in total. The van der Waals surface area contributed by atoms with E-state index in [1.54, 1.807) is 12.4 Å². The van der Waals surface area contributed by atoms with Gasteiger partial charge in [0.05, 0.1) is 5.75 Å². The van der Waals surface area contributed by atoms with E-state index in [4.69, 9.17) is 0 Å². The minimum atomic E-state index is 0.0600. The minimum absolute atomic E-state index is 0.0600. The van der Waals surface area contributed by atoms with Crippen LogP contribution in [0, 0.1) is 0 Å². The first-order valence-corrected chi connectivity index (χ1v) is 8.64. The number of halogens is 1. The fraction of sp³-hybridized carbons (Fsp3) is 0.125. The maximum absolute atomic E-state index is 12.3. The topological polar surface area (TPSA) is 60.7 Å². The summed E-state index contributed by atoms with van der Waals surface area (Å²) >= 11 is 4.76. The van der Waals surface area contributed by atoms with Crippen molar-refractivity contribution in [2.45, 2.75) is 5.16 Å². The number of ketones is 1. The average molecular weight is 389 g/mol. The number of aromatic nitrogens is 4. The highest BCUT2D eigenvalue weighted by Crippen LogP contribution is 2.23. The predicted octanol–water partition coefficient (Wildman–Crippen LogP) is 3.61. The van der Waals surface area contributed by atoms with Crippen LogP contribution in [0.3, 0.4) is 0 Å². The quantitative estimate of drug-likeness (QED) is 0.493. The summed E-state index contributed by atoms with van der Waals surface area (Å²) in [4.78, 5) is 16.2. The van der Waals surface area contributed by atoms with Gasteiger partial charge in [-0.15, -0.1) is 10.2 Å². The Balaban J connectivity index is 1.72. The van der Waals surface area contributed by atoms with E-state index in [1.807, 2.05) is 48.0 Å². The Morgan fingerprint density at radius 2 is 2.00 bits per heavy atom. The van der Waals surface area contributed by atoms with Crippen LogP contribution in [-0.2, 0) is 7.05 Å². The standard InChI is InChI=1S/C16H13BrN4OS/c1-21-15(11-5-7-18-8-6-11)19-20-16(21)23-10-14(22)12-3-2-4-13(17)9-12/h2-9H,10H2,1H3. The van der Waals surface area contributed by atoms with E-state index in [1.165, 1.54) is 11.8 Å². The summed E-state index contributed by atoms with van der Waals surface area (Å²) in [6, 6.07) is 11.1. The van der Waals surface area contributed by atoms with Crippen LogP contribution in [0.5, 0.6) is 0 Å². The normalized spacial score (nSPS) is 10.7. The molecular weight excluding hydrogens is 376 g/mol. The summed E-state index contributed by atoms with van der Waals surface area (Å²) in [7, 11) is 1.89. The minimum Gasteiger partial charge on any atom is -0.305 e. The van der Waals surface area contributed by atoms with Crippen molar-refractivity contribution in [1.29, 1.82) is 0 Å². The monoisotopic (exact) mass is 388 g/mol. The van der Waals surface area contributed by atoms with Crippen LogP contribution in [0.25, 0.3) is 11.4 Å². The molecule has 1 aromatic carbocycles. The number of carbonyl (C=O) groups is 1. The number of pyridine rings is 1. The smallest absolute Gasteiger partial charge is 0.191 e. The Labute approximate surface area is 146 Å². The van der Waals surface area contributed by atoms with Gasteiger partial charge in [0.1, 0.15) is 0 Å². The molecule has 3 aromatic rings. The Morgan fingerprint density at radius 3 is 2.74 bits per heavy atom. The van der Waals surface area contributed by atoms with Crippen LogP contribution in [0.15, 0.2) is 58.4 Å². The van der Waals surface area contributed by atoms with E-state index >= 15 is 0 Å². The molecule has 0 spiro atoms. The van der Waals surface area contributed by atoms with Crippen molar-refractivity contribution < 1.29 is 4.79 Å². The second kappa shape index (κ2) is 7.06. The third kappa shape index (κ3) is 3.68. The van der Waals surface area contributed by atoms with Gasteiger partial charge in [0.2, 0.25) is 0 Å². The molecule has 0 aliphatic carbocycles. The maximum atomic E-state index is 12.3. The number of carbonyl (C=O) groups excluding carboxylic acids is 1. The second-order valence-electron chi connectivity index (χ2n) is 4.82. The lowest BCUT2D eigenvalue weighted by Crippen LogP contribution is -2.04. The van der Waals surface area contributed by atoms with E-state index in [-0.39, 0.29) is 5.78 Å². The van der Waals surface area contributed by atoms with Gasteiger partial charge in [0.15, 0.2) is 16.8 Å². The van der Waals surface area contributed by atoms with Crippen molar-refractivity contribution >= 4 is 33.5 Å². The fourth-order valence-electron chi connectivity index (χ4n) is 2.07. The maximum Gasteiger partial charge on any atom is 0.191 e. The highest BCUT2D eigenvalue weighted by Gasteiger charge is 2.13. The van der Waals surface area contributed by atoms with Gasteiger partial charge >= 0.3 is 0 Å². The third-order valence-corrected chi connectivity index (χ3v) is 4.77. The Hall–Kier alpha value is -1.99. The SMILES string of the molecule is Cn1c(SCC(=O)c2cccc(Br)c2)nnc1-c1ccncc1. The molecule has 0 radical (unpaired) electrons. The first kappa shape index (κ1) is 15.9. The lowest BCUT2D eigenvalue weighted by Gasteiger charge is -2.04. The number of Topliss-reactive ketones (excluding diaryl/α,β-unsaturated/α-hetero) is 1. The average Bonchev–Trinajstić information content (AvgIpc) is 2.94. The summed E-state index contributed by atoms with van der Waals surface area (Å²) < 4.78 is 2.78. The first-order valence-electron chi connectivity index (χ1n) is 6.86. The van der Waals surface area contributed by atoms with E-state index in [9.17, 15) is 4.79 Å². The van der Waals surface area contributed by atoms with E-state index in [0.717, 1.165) is 15.9 Å². The lowest BCUT2D eigenvalue weighted by atomic mass is 10.2. The molecular formula is C16H13BrN4OS. The molecule has 0 saturated heterocycles. The van der Waals surface area contributed by atoms with Crippen molar-refractivity contribution in [3.05, 3.63) is 58.8 Å². The summed E-state index contributed by atoms with van der Waals surface area (Å²) in [5, 5.41) is 9.07. The van der Waals surface area contributed by atoms with Crippen LogP contribution < -0.4 is 0 Å². The number of hydrogen-bond acceptors (Lipinski definition) is 5. The van der Waals surface area contributed by atoms with Gasteiger partial charge in [-0.3, -0.25) is 9.78 Å². The van der Waals surface area contributed by atoms with E-state index in [2.05, 4.69) is 31.1 Å². The van der Waals surface area contributed by atoms with Crippen LogP contribution in [0.2, 0.25) is 0 Å². The number of thioether (sulfide) groups is 1. The van der Waals surface area contributed by atoms with Crippen molar-refractivity contribution in [2.75, 3.05) is 5.75 Å². The summed E-state index contributed by atoms with van der Waals surface area (Å²) in [6.45, 7) is 0. The molecule has 116 valence electrons. The van der Waals surface area contributed by atoms with Crippen molar-refractivity contribution in [3.8, 4) is 11.4 Å². The van der Waals surface area contributed by atoms with Crippen LogP contribution >= 0.6 is 27.7 Å². The third-order valence-electron chi connectivity index (χ3n) is 3.25. The van der Waals surface area contributed by atoms with Crippen LogP contribution in [0.4, 0.5) is 0 Å². The Kier molecular flexibility index (Phi) is 4.88. The van der Waals surface area contributed by atoms with E-state index in [0.29, 0.717) is 16.5 Å². The molecule has 0 bridgehead atoms. The second-order valence-corrected chi connectivity index (χ2v) is 6.68. The highest BCUT2D eigenvalue weighted by atomic mass is 79.9. The molecule has 0 N–H and O–H groups in total. The van der Waals surface area contributed by atoms with Crippen molar-refractivity contribution in [1.82, 2.24) is 19.7 Å². The molecule has 2 aromatic heterocycles. The Bertz CT molecular complexity index is 835. The van der Waals surface area contributed by atoms with Crippen LogP contribution in [-0.4, -0.2) is 31.3 Å². The van der Waals surface area contributed by atoms with Gasteiger partial charge in [-0.25, -0.2) is 0 Å². The Morgan fingerprint density at radius 1 is 1.22 bits per heavy atom. The number of benzene rings is 1. The van der Waals surface area contributed by atoms with Gasteiger partial charge in [-0.1, -0.05) is 39.8 Å². The van der Waals surface area contributed by atoms with Crippen molar-refractivity contribution in [3.63, 3.8) is 0 Å². The van der Waals surface area contributed by atoms with Gasteiger partial charge in [0, 0.05) is 35.0 Å². The fourth-order valence-corrected chi connectivity index (χ4v) is 3.27. The molecule has 0 aliphatic heterocycles. The number of hydrogen-bond donors (Lipinski definition) is 0. The van der Waals surface area contributed by atoms with E-state index < -0.39 is 0 Å². The lowest BCUT2D eigenvalue weighted by molar-refractivity contribution is 0.102. The molecule has 3 rings (SSSR count). The van der Waals surface area contributed by atoms with Crippen molar-refractivity contribution in [2.24, 2.45) is 7.05 Å². The highest BCUT2D eigenvalue weighted by molar-refractivity contribution is 9.10. The summed E-state index contributed by atoms with van der Waals surface area (Å²) in [5.74, 6) is 1.13. The molecule has 0 atom stereocenters. The zero-order valence-corrected chi connectivity index (χ0v) is 14.7. The zero-order chi connectivity index (χ0) is 16.2. The number of rotatable bonds is 5. The van der Waals surface area contributed by atoms with Gasteiger partial charge in [-0.05, 0) is 24.3 Å². The first-order chi connectivity index (χ1) is 11.1. The molecule has 0 aliphatic rings. The molecule has 0 saturated carbocycles. The van der Waals surface area contributed by atoms with Crippen LogP contribution in [0.1, 0.15) is 10.4 Å².